The number of amides is 4. The van der Waals surface area contributed by atoms with Crippen LogP contribution in [0.1, 0.15) is 68.1 Å². The summed E-state index contributed by atoms with van der Waals surface area (Å²) < 4.78 is 0. The zero-order valence-electron chi connectivity index (χ0n) is 19.2. The average molecular weight is 455 g/mol. The average Bonchev–Trinajstić information content (AvgIpc) is 3.29. The molecule has 1 aromatic carbocycles. The van der Waals surface area contributed by atoms with Crippen molar-refractivity contribution in [3.8, 4) is 0 Å². The molecule has 2 aliphatic heterocycles. The molecule has 0 radical (unpaired) electrons. The summed E-state index contributed by atoms with van der Waals surface area (Å²) in [4.78, 5) is 53.2. The first kappa shape index (κ1) is 23.3. The standard InChI is InChI=1S/C25H34N4O4/c30-22-9-5-15-29(22)21-12-10-18(11-13-21)24(32)26-16-23(31)28-14-4-6-19(17-28)25(33)27-20-7-2-1-3-8-20/h10-13,19-20H,1-9,14-17H2,(H,26,32)(H,27,33). The van der Waals surface area contributed by atoms with Crippen molar-refractivity contribution >= 4 is 29.3 Å². The monoisotopic (exact) mass is 454 g/mol. The summed E-state index contributed by atoms with van der Waals surface area (Å²) >= 11 is 0. The minimum absolute atomic E-state index is 0.0556. The van der Waals surface area contributed by atoms with E-state index in [4.69, 9.17) is 0 Å². The van der Waals surface area contributed by atoms with Crippen LogP contribution in [0.3, 0.4) is 0 Å². The summed E-state index contributed by atoms with van der Waals surface area (Å²) in [5, 5.41) is 5.87. The molecule has 1 saturated carbocycles. The number of nitrogens with one attached hydrogen (secondary N) is 2. The molecule has 2 heterocycles. The van der Waals surface area contributed by atoms with Crippen molar-refractivity contribution in [2.45, 2.75) is 63.8 Å². The number of nitrogens with zero attached hydrogens (tertiary/aromatic N) is 2. The molecule has 178 valence electrons. The Hall–Kier alpha value is -2.90. The van der Waals surface area contributed by atoms with Crippen LogP contribution in [0.2, 0.25) is 0 Å². The highest BCUT2D eigenvalue weighted by molar-refractivity contribution is 5.98. The van der Waals surface area contributed by atoms with Crippen molar-refractivity contribution in [1.29, 1.82) is 0 Å². The van der Waals surface area contributed by atoms with Gasteiger partial charge < -0.3 is 20.4 Å². The molecule has 3 aliphatic rings. The Morgan fingerprint density at radius 3 is 2.36 bits per heavy atom. The molecule has 0 aromatic heterocycles. The largest absolute Gasteiger partial charge is 0.353 e. The van der Waals surface area contributed by atoms with Crippen LogP contribution in [0.25, 0.3) is 0 Å². The molecule has 2 saturated heterocycles. The molecule has 3 fully saturated rings. The fraction of sp³-hybridized carbons (Fsp3) is 0.600. The van der Waals surface area contributed by atoms with Crippen LogP contribution in [-0.4, -0.2) is 60.7 Å². The third kappa shape index (κ3) is 5.92. The molecule has 8 heteroatoms. The van der Waals surface area contributed by atoms with Gasteiger partial charge >= 0.3 is 0 Å². The highest BCUT2D eigenvalue weighted by Crippen LogP contribution is 2.22. The van der Waals surface area contributed by atoms with Crippen molar-refractivity contribution < 1.29 is 19.2 Å². The molecule has 1 aromatic rings. The van der Waals surface area contributed by atoms with Crippen LogP contribution >= 0.6 is 0 Å². The summed E-state index contributed by atoms with van der Waals surface area (Å²) in [7, 11) is 0. The molecule has 8 nitrogen and oxygen atoms in total. The van der Waals surface area contributed by atoms with Crippen LogP contribution in [-0.2, 0) is 14.4 Å². The number of hydrogen-bond donors (Lipinski definition) is 2. The van der Waals surface area contributed by atoms with E-state index in [2.05, 4.69) is 10.6 Å². The van der Waals surface area contributed by atoms with Crippen molar-refractivity contribution in [3.05, 3.63) is 29.8 Å². The SMILES string of the molecule is O=C(NCC(=O)N1CCCC(C(=O)NC2CCCCC2)C1)c1ccc(N2CCCC2=O)cc1. The number of anilines is 1. The van der Waals surface area contributed by atoms with E-state index in [-0.39, 0.29) is 42.1 Å². The van der Waals surface area contributed by atoms with Crippen molar-refractivity contribution in [2.75, 3.05) is 31.1 Å². The summed E-state index contributed by atoms with van der Waals surface area (Å²) in [6.45, 7) is 1.63. The Bertz CT molecular complexity index is 879. The van der Waals surface area contributed by atoms with Gasteiger partial charge in [-0.2, -0.15) is 0 Å². The molecule has 1 unspecified atom stereocenters. The van der Waals surface area contributed by atoms with E-state index in [1.807, 2.05) is 0 Å². The quantitative estimate of drug-likeness (QED) is 0.689. The van der Waals surface area contributed by atoms with Gasteiger partial charge in [0.1, 0.15) is 0 Å². The second-order valence-electron chi connectivity index (χ2n) is 9.40. The number of piperidine rings is 1. The van der Waals surface area contributed by atoms with Crippen molar-refractivity contribution in [2.24, 2.45) is 5.92 Å². The van der Waals surface area contributed by atoms with E-state index in [1.165, 1.54) is 19.3 Å². The van der Waals surface area contributed by atoms with E-state index in [1.54, 1.807) is 34.1 Å². The van der Waals surface area contributed by atoms with E-state index >= 15 is 0 Å². The molecule has 0 bridgehead atoms. The Labute approximate surface area is 195 Å². The minimum Gasteiger partial charge on any atom is -0.353 e. The van der Waals surface area contributed by atoms with Crippen LogP contribution in [0.5, 0.6) is 0 Å². The first-order valence-corrected chi connectivity index (χ1v) is 12.3. The number of carbonyl (C=O) groups is 4. The molecule has 1 atom stereocenters. The minimum atomic E-state index is -0.328. The van der Waals surface area contributed by atoms with Gasteiger partial charge in [-0.1, -0.05) is 19.3 Å². The normalized spacial score (nSPS) is 21.7. The third-order valence-electron chi connectivity index (χ3n) is 7.01. The number of hydrogen-bond acceptors (Lipinski definition) is 4. The Morgan fingerprint density at radius 2 is 1.67 bits per heavy atom. The van der Waals surface area contributed by atoms with Gasteiger partial charge in [-0.05, 0) is 56.4 Å². The smallest absolute Gasteiger partial charge is 0.251 e. The summed E-state index contributed by atoms with van der Waals surface area (Å²) in [6.07, 6.45) is 8.65. The van der Waals surface area contributed by atoms with Crippen molar-refractivity contribution in [1.82, 2.24) is 15.5 Å². The zero-order chi connectivity index (χ0) is 23.2. The van der Waals surface area contributed by atoms with Crippen molar-refractivity contribution in [3.63, 3.8) is 0 Å². The third-order valence-corrected chi connectivity index (χ3v) is 7.01. The predicted molar refractivity (Wildman–Crippen MR) is 125 cm³/mol. The highest BCUT2D eigenvalue weighted by Gasteiger charge is 2.30. The lowest BCUT2D eigenvalue weighted by molar-refractivity contribution is -0.135. The fourth-order valence-electron chi connectivity index (χ4n) is 5.07. The highest BCUT2D eigenvalue weighted by atomic mass is 16.2. The van der Waals surface area contributed by atoms with Gasteiger partial charge in [-0.15, -0.1) is 0 Å². The van der Waals surface area contributed by atoms with Crippen LogP contribution < -0.4 is 15.5 Å². The fourth-order valence-corrected chi connectivity index (χ4v) is 5.07. The van der Waals surface area contributed by atoms with Crippen LogP contribution in [0, 0.1) is 5.92 Å². The molecular formula is C25H34N4O4. The Morgan fingerprint density at radius 1 is 0.909 bits per heavy atom. The van der Waals surface area contributed by atoms with Crippen LogP contribution in [0.4, 0.5) is 5.69 Å². The maximum atomic E-state index is 12.7. The molecule has 33 heavy (non-hydrogen) atoms. The molecule has 4 rings (SSSR count). The molecule has 0 spiro atoms. The van der Waals surface area contributed by atoms with E-state index < -0.39 is 0 Å². The number of benzene rings is 1. The number of rotatable bonds is 6. The van der Waals surface area contributed by atoms with Gasteiger partial charge in [0.2, 0.25) is 17.7 Å². The van der Waals surface area contributed by atoms with Crippen LogP contribution in [0.15, 0.2) is 24.3 Å². The van der Waals surface area contributed by atoms with Gasteiger partial charge in [0, 0.05) is 43.3 Å². The van der Waals surface area contributed by atoms with E-state index in [0.717, 1.165) is 37.8 Å². The second kappa shape index (κ2) is 10.8. The summed E-state index contributed by atoms with van der Waals surface area (Å²) in [6, 6.07) is 7.15. The summed E-state index contributed by atoms with van der Waals surface area (Å²) in [5.41, 5.74) is 1.23. The van der Waals surface area contributed by atoms with E-state index in [9.17, 15) is 19.2 Å². The molecule has 2 N–H and O–H groups in total. The maximum Gasteiger partial charge on any atom is 0.251 e. The second-order valence-corrected chi connectivity index (χ2v) is 9.40. The molecule has 1 aliphatic carbocycles. The Balaban J connectivity index is 1.24. The lowest BCUT2D eigenvalue weighted by atomic mass is 9.93. The van der Waals surface area contributed by atoms with E-state index in [0.29, 0.717) is 31.6 Å². The van der Waals surface area contributed by atoms with Gasteiger partial charge in [0.05, 0.1) is 12.5 Å². The van der Waals surface area contributed by atoms with Gasteiger partial charge in [-0.3, -0.25) is 19.2 Å². The first-order valence-electron chi connectivity index (χ1n) is 12.3. The first-order chi connectivity index (χ1) is 16.0. The molecular weight excluding hydrogens is 420 g/mol. The predicted octanol–water partition coefficient (Wildman–Crippen LogP) is 2.23. The van der Waals surface area contributed by atoms with Gasteiger partial charge in [0.25, 0.3) is 5.91 Å². The topological polar surface area (TPSA) is 98.8 Å². The molecule has 4 amide bonds. The zero-order valence-corrected chi connectivity index (χ0v) is 19.2. The summed E-state index contributed by atoms with van der Waals surface area (Å²) in [5.74, 6) is -0.518. The lowest BCUT2D eigenvalue weighted by Crippen LogP contribution is -2.49. The number of carbonyl (C=O) groups excluding carboxylic acids is 4. The number of likely N-dealkylation sites (tertiary alicyclic amines) is 1. The van der Waals surface area contributed by atoms with Gasteiger partial charge in [-0.25, -0.2) is 0 Å². The maximum absolute atomic E-state index is 12.7. The Kier molecular flexibility index (Phi) is 7.62. The lowest BCUT2D eigenvalue weighted by Gasteiger charge is -2.33. The van der Waals surface area contributed by atoms with Gasteiger partial charge in [0.15, 0.2) is 0 Å².